The molecule has 1 rings (SSSR count). The summed E-state index contributed by atoms with van der Waals surface area (Å²) in [7, 11) is 5.51. The first-order chi connectivity index (χ1) is 5.15. The Hall–Kier alpha value is -0.255. The van der Waals surface area contributed by atoms with Crippen molar-refractivity contribution in [3.05, 3.63) is 0 Å². The molecule has 1 radical (unpaired) electrons. The van der Waals surface area contributed by atoms with E-state index in [1.807, 2.05) is 21.3 Å². The van der Waals surface area contributed by atoms with E-state index in [1.165, 1.54) is 0 Å². The number of alkyl halides is 4. The average Bonchev–Trinajstić information content (AvgIpc) is 1.51. The molecule has 0 aliphatic carbocycles. The fourth-order valence-electron chi connectivity index (χ4n) is 0.594. The molecule has 1 nitrogen and oxygen atoms in total. The zero-order chi connectivity index (χ0) is 9.99. The largest absolute Gasteiger partial charge is 0.429 e. The van der Waals surface area contributed by atoms with Gasteiger partial charge in [-0.1, -0.05) is 0 Å². The second-order valence-electron chi connectivity index (χ2n) is 3.07. The second kappa shape index (κ2) is 3.64. The van der Waals surface area contributed by atoms with Crippen LogP contribution in [0.15, 0.2) is 0 Å². The van der Waals surface area contributed by atoms with Gasteiger partial charge in [0.2, 0.25) is 11.6 Å². The highest BCUT2D eigenvalue weighted by Crippen LogP contribution is 2.41. The van der Waals surface area contributed by atoms with Gasteiger partial charge in [0.05, 0.1) is 6.42 Å². The van der Waals surface area contributed by atoms with Gasteiger partial charge in [0.25, 0.3) is 7.28 Å². The first-order valence-electron chi connectivity index (χ1n) is 3.27. The van der Waals surface area contributed by atoms with Crippen LogP contribution in [0.3, 0.4) is 0 Å². The molecule has 0 aromatic carbocycles. The first kappa shape index (κ1) is 11.7. The van der Waals surface area contributed by atoms with Gasteiger partial charge in [-0.25, -0.2) is 17.6 Å². The van der Waals surface area contributed by atoms with Gasteiger partial charge >= 0.3 is 0 Å². The van der Waals surface area contributed by atoms with E-state index in [0.29, 0.717) is 0 Å². The van der Waals surface area contributed by atoms with Crippen LogP contribution in [0.5, 0.6) is 0 Å². The summed E-state index contributed by atoms with van der Waals surface area (Å²) in [5.74, 6) is -6.44. The lowest BCUT2D eigenvalue weighted by Crippen LogP contribution is -2.54. The fourth-order valence-corrected chi connectivity index (χ4v) is 0.594. The Morgan fingerprint density at radius 3 is 1.17 bits per heavy atom. The summed E-state index contributed by atoms with van der Waals surface area (Å²) < 4.78 is 48.6. The third kappa shape index (κ3) is 5.40. The zero-order valence-corrected chi connectivity index (χ0v) is 7.20. The monoisotopic (exact) mass is 186 g/mol. The molecule has 0 unspecified atom stereocenters. The van der Waals surface area contributed by atoms with E-state index < -0.39 is 18.1 Å². The number of halogens is 4. The highest BCUT2D eigenvalue weighted by Gasteiger charge is 2.60. The molecule has 6 heteroatoms. The molecule has 1 fully saturated rings. The Morgan fingerprint density at radius 1 is 1.00 bits per heavy atom. The van der Waals surface area contributed by atoms with Crippen LogP contribution in [-0.4, -0.2) is 40.3 Å². The van der Waals surface area contributed by atoms with Crippen LogP contribution in [0.2, 0.25) is 0 Å². The van der Waals surface area contributed by atoms with Crippen molar-refractivity contribution in [1.29, 1.82) is 0 Å². The van der Waals surface area contributed by atoms with Crippen LogP contribution >= 0.6 is 0 Å². The second-order valence-corrected chi connectivity index (χ2v) is 3.07. The maximum absolute atomic E-state index is 11.5. The molecule has 0 bridgehead atoms. The van der Waals surface area contributed by atoms with Crippen molar-refractivity contribution >= 4 is 7.28 Å². The van der Waals surface area contributed by atoms with Crippen LogP contribution in [0.1, 0.15) is 6.42 Å². The molecule has 0 spiro atoms. The molecule has 0 amide bonds. The highest BCUT2D eigenvalue weighted by atomic mass is 19.3. The van der Waals surface area contributed by atoms with Gasteiger partial charge in [0.15, 0.2) is 0 Å². The van der Waals surface area contributed by atoms with Gasteiger partial charge in [-0.3, -0.25) is 0 Å². The van der Waals surface area contributed by atoms with E-state index in [4.69, 9.17) is 0 Å². The van der Waals surface area contributed by atoms with Crippen molar-refractivity contribution in [3.63, 3.8) is 0 Å². The predicted octanol–water partition coefficient (Wildman–Crippen LogP) is 1.71. The van der Waals surface area contributed by atoms with E-state index in [9.17, 15) is 17.6 Å². The molecule has 0 saturated carbocycles. The Labute approximate surface area is 69.6 Å². The van der Waals surface area contributed by atoms with Gasteiger partial charge in [-0.2, -0.15) is 0 Å². The summed E-state index contributed by atoms with van der Waals surface area (Å²) in [5.41, 5.74) is 0. The minimum atomic E-state index is -3.22. The highest BCUT2D eigenvalue weighted by molar-refractivity contribution is 6.46. The van der Waals surface area contributed by atoms with Crippen LogP contribution in [-0.2, 0) is 4.37 Å². The summed E-state index contributed by atoms with van der Waals surface area (Å²) >= 11 is 0. The van der Waals surface area contributed by atoms with Gasteiger partial charge in [0.1, 0.15) is 21.3 Å². The van der Waals surface area contributed by atoms with Crippen molar-refractivity contribution in [3.8, 4) is 0 Å². The van der Waals surface area contributed by atoms with Gasteiger partial charge in [-0.15, -0.1) is 0 Å². The molecule has 0 atom stereocenters. The van der Waals surface area contributed by atoms with Gasteiger partial charge < -0.3 is 4.37 Å². The Balaban J connectivity index is 0.000000261. The Kier molecular flexibility index (Phi) is 3.56. The van der Waals surface area contributed by atoms with E-state index >= 15 is 0 Å². The van der Waals surface area contributed by atoms with Crippen molar-refractivity contribution < 1.29 is 21.9 Å². The molecular weight excluding hydrogens is 175 g/mol. The van der Waals surface area contributed by atoms with E-state index in [1.54, 1.807) is 0 Å². The van der Waals surface area contributed by atoms with Crippen molar-refractivity contribution in [2.24, 2.45) is 0 Å². The molecule has 0 aromatic rings. The Morgan fingerprint density at radius 2 is 1.17 bits per heavy atom. The average molecular weight is 186 g/mol. The zero-order valence-electron chi connectivity index (χ0n) is 7.20. The SMILES string of the molecule is C[O+](C)C.FC1(F)[B]C(F)(F)C1. The molecule has 1 aliphatic rings. The van der Waals surface area contributed by atoms with Crippen LogP contribution in [0, 0.1) is 0 Å². The summed E-state index contributed by atoms with van der Waals surface area (Å²) in [5, 5.41) is 0. The van der Waals surface area contributed by atoms with Crippen LogP contribution in [0.4, 0.5) is 17.6 Å². The molecule has 1 heterocycles. The molecule has 71 valence electrons. The maximum Gasteiger partial charge on any atom is 0.299 e. The number of hydrogen-bond donors (Lipinski definition) is 0. The maximum atomic E-state index is 11.5. The predicted molar refractivity (Wildman–Crippen MR) is 39.1 cm³/mol. The molecule has 1 saturated heterocycles. The molecule has 0 aromatic heterocycles. The van der Waals surface area contributed by atoms with Gasteiger partial charge in [0, 0.05) is 0 Å². The lowest BCUT2D eigenvalue weighted by Gasteiger charge is -2.33. The van der Waals surface area contributed by atoms with Gasteiger partial charge in [-0.05, 0) is 0 Å². The molecular formula is C6H11BF4O+. The lowest BCUT2D eigenvalue weighted by atomic mass is 9.49. The normalized spacial score (nSPS) is 23.3. The summed E-state index contributed by atoms with van der Waals surface area (Å²) in [4.78, 5) is 0. The summed E-state index contributed by atoms with van der Waals surface area (Å²) in [6.45, 7) is 0. The third-order valence-corrected chi connectivity index (χ3v) is 0.894. The fraction of sp³-hybridized carbons (Fsp3) is 1.00. The van der Waals surface area contributed by atoms with Crippen molar-refractivity contribution in [1.82, 2.24) is 0 Å². The topological polar surface area (TPSA) is 2.70 Å². The minimum Gasteiger partial charge on any atom is -0.429 e. The summed E-state index contributed by atoms with van der Waals surface area (Å²) in [6, 6.07) is 0. The van der Waals surface area contributed by atoms with Crippen LogP contribution in [0.25, 0.3) is 0 Å². The molecule has 12 heavy (non-hydrogen) atoms. The standard InChI is InChI=1S/C3H2BF4.C3H9O/c5-2(6)1-3(7,8)4-2;1-4(2)3/h1H2;1-3H3/q;+1. The van der Waals surface area contributed by atoms with E-state index in [2.05, 4.69) is 4.37 Å². The minimum absolute atomic E-state index is 0.236. The summed E-state index contributed by atoms with van der Waals surface area (Å²) in [6.07, 6.45) is -1.32. The number of hydrogen-bond acceptors (Lipinski definition) is 0. The quantitative estimate of drug-likeness (QED) is 0.307. The van der Waals surface area contributed by atoms with E-state index in [0.717, 1.165) is 0 Å². The molecule has 1 aliphatic heterocycles. The van der Waals surface area contributed by atoms with Crippen molar-refractivity contribution in [2.45, 2.75) is 18.1 Å². The third-order valence-electron chi connectivity index (χ3n) is 0.894. The van der Waals surface area contributed by atoms with Crippen molar-refractivity contribution in [2.75, 3.05) is 21.3 Å². The lowest BCUT2D eigenvalue weighted by molar-refractivity contribution is -0.0741. The smallest absolute Gasteiger partial charge is 0.299 e. The van der Waals surface area contributed by atoms with Crippen LogP contribution < -0.4 is 0 Å². The van der Waals surface area contributed by atoms with E-state index in [-0.39, 0.29) is 7.28 Å². The first-order valence-corrected chi connectivity index (χ1v) is 3.27. The Bertz CT molecular complexity index is 124. The number of rotatable bonds is 0. The molecule has 0 N–H and O–H groups in total.